The van der Waals surface area contributed by atoms with E-state index in [4.69, 9.17) is 9.47 Å². The Balaban J connectivity index is 1.73. The molecule has 0 radical (unpaired) electrons. The van der Waals surface area contributed by atoms with Gasteiger partial charge >= 0.3 is 5.97 Å². The second kappa shape index (κ2) is 8.69. The number of benzene rings is 2. The summed E-state index contributed by atoms with van der Waals surface area (Å²) in [7, 11) is 2.77. The SMILES string of the molecule is COc1cc(NC(=O)CSc2nc3ccc([N+](=O)[O-])cc3[nH]2)c(C(=O)O)cc1OC. The minimum Gasteiger partial charge on any atom is -0.493 e. The molecule has 0 saturated carbocycles. The number of thioether (sulfide) groups is 1. The lowest BCUT2D eigenvalue weighted by Crippen LogP contribution is -2.17. The molecule has 1 amide bonds. The summed E-state index contributed by atoms with van der Waals surface area (Å²) in [6.07, 6.45) is 0. The van der Waals surface area contributed by atoms with Gasteiger partial charge < -0.3 is 24.9 Å². The van der Waals surface area contributed by atoms with Crippen LogP contribution in [0.4, 0.5) is 11.4 Å². The second-order valence-corrected chi connectivity index (χ2v) is 6.86. The zero-order valence-corrected chi connectivity index (χ0v) is 16.6. The molecule has 0 fully saturated rings. The number of aromatic carboxylic acids is 1. The molecule has 156 valence electrons. The number of hydrogen-bond donors (Lipinski definition) is 3. The topological polar surface area (TPSA) is 157 Å². The highest BCUT2D eigenvalue weighted by molar-refractivity contribution is 7.99. The molecular formula is C18H16N4O7S. The average Bonchev–Trinajstić information content (AvgIpc) is 3.13. The van der Waals surface area contributed by atoms with Crippen LogP contribution in [0.2, 0.25) is 0 Å². The van der Waals surface area contributed by atoms with Crippen molar-refractivity contribution in [3.8, 4) is 11.5 Å². The fourth-order valence-corrected chi connectivity index (χ4v) is 3.32. The zero-order chi connectivity index (χ0) is 21.8. The number of carboxylic acids is 1. The normalized spacial score (nSPS) is 10.6. The van der Waals surface area contributed by atoms with E-state index in [1.54, 1.807) is 0 Å². The van der Waals surface area contributed by atoms with Crippen LogP contribution in [0.1, 0.15) is 10.4 Å². The third-order valence-electron chi connectivity index (χ3n) is 4.02. The molecule has 0 atom stereocenters. The number of aromatic amines is 1. The lowest BCUT2D eigenvalue weighted by Gasteiger charge is -2.13. The first-order valence-corrected chi connectivity index (χ1v) is 9.37. The first-order chi connectivity index (χ1) is 14.3. The minimum absolute atomic E-state index is 0.0611. The van der Waals surface area contributed by atoms with Crippen LogP contribution < -0.4 is 14.8 Å². The van der Waals surface area contributed by atoms with Crippen molar-refractivity contribution in [3.05, 3.63) is 46.0 Å². The van der Waals surface area contributed by atoms with Gasteiger partial charge in [-0.3, -0.25) is 14.9 Å². The van der Waals surface area contributed by atoms with Crippen molar-refractivity contribution >= 4 is 46.0 Å². The van der Waals surface area contributed by atoms with Crippen molar-refractivity contribution < 1.29 is 29.1 Å². The number of non-ortho nitro benzene ring substituents is 1. The highest BCUT2D eigenvalue weighted by Gasteiger charge is 2.18. The van der Waals surface area contributed by atoms with Crippen LogP contribution in [-0.2, 0) is 4.79 Å². The molecule has 0 bridgehead atoms. The Labute approximate surface area is 173 Å². The largest absolute Gasteiger partial charge is 0.493 e. The van der Waals surface area contributed by atoms with Gasteiger partial charge in [0.15, 0.2) is 16.7 Å². The minimum atomic E-state index is -1.24. The van der Waals surface area contributed by atoms with Gasteiger partial charge in [0, 0.05) is 24.3 Å². The van der Waals surface area contributed by atoms with Crippen LogP contribution >= 0.6 is 11.8 Å². The summed E-state index contributed by atoms with van der Waals surface area (Å²) < 4.78 is 10.2. The molecule has 3 aromatic rings. The third-order valence-corrected chi connectivity index (χ3v) is 4.90. The number of amides is 1. The molecule has 0 spiro atoms. The Bertz CT molecular complexity index is 1150. The van der Waals surface area contributed by atoms with Gasteiger partial charge in [-0.2, -0.15) is 0 Å². The molecule has 0 aliphatic rings. The molecule has 12 heteroatoms. The lowest BCUT2D eigenvalue weighted by molar-refractivity contribution is -0.384. The number of H-pyrrole nitrogens is 1. The Morgan fingerprint density at radius 1 is 1.23 bits per heavy atom. The number of carbonyl (C=O) groups is 2. The van der Waals surface area contributed by atoms with E-state index in [2.05, 4.69) is 15.3 Å². The highest BCUT2D eigenvalue weighted by atomic mass is 32.2. The predicted molar refractivity (Wildman–Crippen MR) is 109 cm³/mol. The molecule has 1 aromatic heterocycles. The van der Waals surface area contributed by atoms with Crippen LogP contribution in [0, 0.1) is 10.1 Å². The summed E-state index contributed by atoms with van der Waals surface area (Å²) in [6, 6.07) is 6.84. The molecule has 11 nitrogen and oxygen atoms in total. The number of aromatic nitrogens is 2. The van der Waals surface area contributed by atoms with E-state index in [0.717, 1.165) is 11.8 Å². The lowest BCUT2D eigenvalue weighted by atomic mass is 10.1. The van der Waals surface area contributed by atoms with Gasteiger partial charge in [-0.05, 0) is 6.07 Å². The highest BCUT2D eigenvalue weighted by Crippen LogP contribution is 2.33. The van der Waals surface area contributed by atoms with E-state index in [1.165, 1.54) is 44.6 Å². The molecule has 3 rings (SSSR count). The Kier molecular flexibility index (Phi) is 6.06. The van der Waals surface area contributed by atoms with Crippen LogP contribution in [0.5, 0.6) is 11.5 Å². The third kappa shape index (κ3) is 4.43. The molecule has 0 aliphatic carbocycles. The van der Waals surface area contributed by atoms with Crippen molar-refractivity contribution in [2.24, 2.45) is 0 Å². The first kappa shape index (κ1) is 20.9. The zero-order valence-electron chi connectivity index (χ0n) is 15.8. The fraction of sp³-hybridized carbons (Fsp3) is 0.167. The van der Waals surface area contributed by atoms with Crippen LogP contribution in [-0.4, -0.2) is 51.8 Å². The van der Waals surface area contributed by atoms with Crippen molar-refractivity contribution in [1.82, 2.24) is 9.97 Å². The molecule has 1 heterocycles. The van der Waals surface area contributed by atoms with Crippen molar-refractivity contribution in [3.63, 3.8) is 0 Å². The molecule has 0 saturated heterocycles. The molecular weight excluding hydrogens is 416 g/mol. The monoisotopic (exact) mass is 432 g/mol. The van der Waals surface area contributed by atoms with Crippen molar-refractivity contribution in [1.29, 1.82) is 0 Å². The predicted octanol–water partition coefficient (Wildman–Crippen LogP) is 2.92. The number of methoxy groups -OCH3 is 2. The Morgan fingerprint density at radius 3 is 2.57 bits per heavy atom. The molecule has 30 heavy (non-hydrogen) atoms. The molecule has 3 N–H and O–H groups in total. The standard InChI is InChI=1S/C18H16N4O7S/c1-28-14-6-10(17(24)25)12(7-15(14)29-2)19-16(23)8-30-18-20-11-4-3-9(22(26)27)5-13(11)21-18/h3-7H,8H2,1-2H3,(H,19,23)(H,20,21)(H,24,25). The maximum atomic E-state index is 12.3. The van der Waals surface area contributed by atoms with Crippen molar-refractivity contribution in [2.75, 3.05) is 25.3 Å². The number of fused-ring (bicyclic) bond motifs is 1. The maximum absolute atomic E-state index is 12.3. The quantitative estimate of drug-likeness (QED) is 0.276. The Hall–Kier alpha value is -3.80. The second-order valence-electron chi connectivity index (χ2n) is 5.90. The maximum Gasteiger partial charge on any atom is 0.337 e. The van der Waals surface area contributed by atoms with Gasteiger partial charge in [-0.25, -0.2) is 9.78 Å². The number of rotatable bonds is 8. The van der Waals surface area contributed by atoms with Gasteiger partial charge in [0.25, 0.3) is 5.69 Å². The van der Waals surface area contributed by atoms with E-state index in [1.807, 2.05) is 0 Å². The van der Waals surface area contributed by atoms with E-state index < -0.39 is 16.8 Å². The van der Waals surface area contributed by atoms with Crippen LogP contribution in [0.15, 0.2) is 35.5 Å². The summed E-state index contributed by atoms with van der Waals surface area (Å²) in [5.41, 5.74) is 0.833. The fourth-order valence-electron chi connectivity index (χ4n) is 2.64. The molecule has 0 aliphatic heterocycles. The summed E-state index contributed by atoms with van der Waals surface area (Å²) in [6.45, 7) is 0. The summed E-state index contributed by atoms with van der Waals surface area (Å²) in [5, 5.41) is 23.2. The van der Waals surface area contributed by atoms with E-state index in [0.29, 0.717) is 16.2 Å². The number of nitrogens with one attached hydrogen (secondary N) is 2. The summed E-state index contributed by atoms with van der Waals surface area (Å²) >= 11 is 1.07. The number of carboxylic acid groups (broad SMARTS) is 1. The van der Waals surface area contributed by atoms with Gasteiger partial charge in [0.1, 0.15) is 0 Å². The average molecular weight is 432 g/mol. The van der Waals surface area contributed by atoms with E-state index in [9.17, 15) is 24.8 Å². The van der Waals surface area contributed by atoms with E-state index >= 15 is 0 Å². The van der Waals surface area contributed by atoms with Crippen LogP contribution in [0.3, 0.4) is 0 Å². The molecule has 0 unspecified atom stereocenters. The molecule has 2 aromatic carbocycles. The van der Waals surface area contributed by atoms with Gasteiger partial charge in [-0.15, -0.1) is 0 Å². The van der Waals surface area contributed by atoms with Gasteiger partial charge in [0.05, 0.1) is 47.2 Å². The van der Waals surface area contributed by atoms with E-state index in [-0.39, 0.29) is 34.2 Å². The van der Waals surface area contributed by atoms with Gasteiger partial charge in [0.2, 0.25) is 5.91 Å². The number of ether oxygens (including phenoxy) is 2. The smallest absolute Gasteiger partial charge is 0.337 e. The number of nitro benzene ring substituents is 1. The summed E-state index contributed by atoms with van der Waals surface area (Å²) in [4.78, 5) is 41.4. The Morgan fingerprint density at radius 2 is 1.93 bits per heavy atom. The number of nitro groups is 1. The number of hydrogen-bond acceptors (Lipinski definition) is 8. The number of imidazole rings is 1. The van der Waals surface area contributed by atoms with Gasteiger partial charge in [-0.1, -0.05) is 11.8 Å². The number of anilines is 1. The number of carbonyl (C=O) groups excluding carboxylic acids is 1. The van der Waals surface area contributed by atoms with Crippen LogP contribution in [0.25, 0.3) is 11.0 Å². The van der Waals surface area contributed by atoms with Crippen molar-refractivity contribution in [2.45, 2.75) is 5.16 Å². The number of nitrogens with zero attached hydrogens (tertiary/aromatic N) is 2. The summed E-state index contributed by atoms with van der Waals surface area (Å²) in [5.74, 6) is -1.29. The first-order valence-electron chi connectivity index (χ1n) is 8.38.